The topological polar surface area (TPSA) is 124 Å². The molecule has 0 radical (unpaired) electrons. The molecule has 4 rings (SSSR count). The molecule has 2 aromatic carbocycles. The lowest BCUT2D eigenvalue weighted by Gasteiger charge is -2.43. The van der Waals surface area contributed by atoms with E-state index in [1.54, 1.807) is 19.2 Å². The number of carboxylic acids is 1. The minimum absolute atomic E-state index is 0.0146. The van der Waals surface area contributed by atoms with Crippen LogP contribution < -0.4 is 10.5 Å². The summed E-state index contributed by atoms with van der Waals surface area (Å²) in [4.78, 5) is 18.9. The molecule has 0 aliphatic carbocycles. The van der Waals surface area contributed by atoms with Crippen LogP contribution in [0.4, 0.5) is 0 Å². The number of piperidine rings is 1. The lowest BCUT2D eigenvalue weighted by atomic mass is 9.78. The van der Waals surface area contributed by atoms with E-state index >= 15 is 0 Å². The molecular formula is C30H39ClN4O5. The monoisotopic (exact) mass is 570 g/mol. The highest BCUT2D eigenvalue weighted by atomic mass is 35.5. The summed E-state index contributed by atoms with van der Waals surface area (Å²) < 4.78 is 16.5. The fourth-order valence-corrected chi connectivity index (χ4v) is 5.44. The Morgan fingerprint density at radius 2 is 1.82 bits per heavy atom. The fraction of sp³-hybridized carbons (Fsp3) is 0.500. The van der Waals surface area contributed by atoms with E-state index < -0.39 is 16.9 Å². The molecule has 2 heterocycles. The average Bonchev–Trinajstić information content (AvgIpc) is 3.39. The first-order chi connectivity index (χ1) is 18.9. The maximum Gasteiger partial charge on any atom is 0.312 e. The van der Waals surface area contributed by atoms with Gasteiger partial charge >= 0.3 is 5.97 Å². The number of halogens is 1. The van der Waals surface area contributed by atoms with Crippen LogP contribution in [-0.2, 0) is 9.53 Å². The first-order valence-corrected chi connectivity index (χ1v) is 13.9. The second-order valence-electron chi connectivity index (χ2n) is 11.6. The molecule has 9 nitrogen and oxygen atoms in total. The predicted molar refractivity (Wildman–Crippen MR) is 154 cm³/mol. The van der Waals surface area contributed by atoms with Gasteiger partial charge in [0.1, 0.15) is 5.75 Å². The molecule has 0 saturated carbocycles. The van der Waals surface area contributed by atoms with Gasteiger partial charge in [-0.05, 0) is 83.8 Å². The number of aliphatic carboxylic acids is 1. The summed E-state index contributed by atoms with van der Waals surface area (Å²) in [6.07, 6.45) is 1.78. The van der Waals surface area contributed by atoms with Crippen molar-refractivity contribution in [3.63, 3.8) is 0 Å². The van der Waals surface area contributed by atoms with E-state index in [2.05, 4.69) is 27.2 Å². The van der Waals surface area contributed by atoms with E-state index in [1.165, 1.54) is 0 Å². The minimum atomic E-state index is -0.847. The summed E-state index contributed by atoms with van der Waals surface area (Å²) in [5.74, 6) is 0.647. The van der Waals surface area contributed by atoms with Crippen LogP contribution in [0.3, 0.4) is 0 Å². The highest BCUT2D eigenvalue weighted by Crippen LogP contribution is 2.38. The second-order valence-corrected chi connectivity index (χ2v) is 12.0. The molecule has 1 saturated heterocycles. The van der Waals surface area contributed by atoms with Gasteiger partial charge < -0.3 is 24.8 Å². The van der Waals surface area contributed by atoms with Gasteiger partial charge in [-0.2, -0.15) is 4.98 Å². The van der Waals surface area contributed by atoms with Crippen molar-refractivity contribution in [1.82, 2.24) is 15.0 Å². The zero-order valence-corrected chi connectivity index (χ0v) is 24.6. The Bertz CT molecular complexity index is 1290. The van der Waals surface area contributed by atoms with Crippen LogP contribution in [0.1, 0.15) is 58.6 Å². The lowest BCUT2D eigenvalue weighted by molar-refractivity contribution is -0.156. The highest BCUT2D eigenvalue weighted by Gasteiger charge is 2.43. The molecule has 1 aromatic heterocycles. The van der Waals surface area contributed by atoms with Gasteiger partial charge in [0, 0.05) is 29.8 Å². The number of hydrogen-bond acceptors (Lipinski definition) is 8. The molecule has 0 amide bonds. The molecule has 0 bridgehead atoms. The number of ether oxygens (including phenoxy) is 2. The molecule has 1 unspecified atom stereocenters. The van der Waals surface area contributed by atoms with Crippen LogP contribution in [0.25, 0.3) is 22.8 Å². The zero-order chi connectivity index (χ0) is 29.1. The van der Waals surface area contributed by atoms with Crippen molar-refractivity contribution in [1.29, 1.82) is 0 Å². The second kappa shape index (κ2) is 12.3. The van der Waals surface area contributed by atoms with Gasteiger partial charge in [-0.25, -0.2) is 0 Å². The normalized spacial score (nSPS) is 16.7. The van der Waals surface area contributed by atoms with Gasteiger partial charge in [0.15, 0.2) is 0 Å². The number of carbonyl (C=O) groups is 1. The highest BCUT2D eigenvalue weighted by molar-refractivity contribution is 6.32. The van der Waals surface area contributed by atoms with Crippen molar-refractivity contribution in [3.8, 4) is 28.6 Å². The molecule has 10 heteroatoms. The van der Waals surface area contributed by atoms with Crippen molar-refractivity contribution in [2.75, 3.05) is 26.8 Å². The summed E-state index contributed by atoms with van der Waals surface area (Å²) in [5, 5.41) is 14.5. The summed E-state index contributed by atoms with van der Waals surface area (Å²) in [5.41, 5.74) is 7.84. The van der Waals surface area contributed by atoms with E-state index in [0.717, 1.165) is 17.5 Å². The molecule has 1 aliphatic rings. The molecule has 3 aromatic rings. The Morgan fingerprint density at radius 1 is 1.18 bits per heavy atom. The maximum atomic E-state index is 12.0. The molecule has 216 valence electrons. The first-order valence-electron chi connectivity index (χ1n) is 13.6. The fourth-order valence-electron chi connectivity index (χ4n) is 5.21. The Morgan fingerprint density at radius 3 is 2.38 bits per heavy atom. The number of benzene rings is 2. The zero-order valence-electron chi connectivity index (χ0n) is 23.8. The third kappa shape index (κ3) is 7.01. The Kier molecular flexibility index (Phi) is 9.19. The number of likely N-dealkylation sites (tertiary alicyclic amines) is 1. The quantitative estimate of drug-likeness (QED) is 0.293. The van der Waals surface area contributed by atoms with Gasteiger partial charge in [0.2, 0.25) is 5.82 Å². The molecule has 0 spiro atoms. The van der Waals surface area contributed by atoms with Crippen LogP contribution in [0.5, 0.6) is 5.75 Å². The minimum Gasteiger partial charge on any atom is -0.489 e. The third-order valence-corrected chi connectivity index (χ3v) is 7.61. The molecular weight excluding hydrogens is 532 g/mol. The number of methoxy groups -OCH3 is 1. The number of nitrogens with zero attached hydrogens (tertiary/aromatic N) is 3. The summed E-state index contributed by atoms with van der Waals surface area (Å²) >= 11 is 6.39. The van der Waals surface area contributed by atoms with Gasteiger partial charge in [0.25, 0.3) is 5.89 Å². The number of nitrogens with two attached hydrogens (primary N) is 1. The van der Waals surface area contributed by atoms with Crippen molar-refractivity contribution in [2.24, 2.45) is 11.1 Å². The Labute approximate surface area is 240 Å². The van der Waals surface area contributed by atoms with E-state index in [1.807, 2.05) is 45.9 Å². The molecule has 3 N–H and O–H groups in total. The van der Waals surface area contributed by atoms with Gasteiger partial charge in [0.05, 0.1) is 23.1 Å². The van der Waals surface area contributed by atoms with E-state index in [0.29, 0.717) is 54.0 Å². The number of rotatable bonds is 11. The smallest absolute Gasteiger partial charge is 0.312 e. The maximum absolute atomic E-state index is 12.0. The van der Waals surface area contributed by atoms with Crippen LogP contribution in [-0.4, -0.2) is 64.6 Å². The molecule has 40 heavy (non-hydrogen) atoms. The van der Waals surface area contributed by atoms with E-state index in [-0.39, 0.29) is 18.8 Å². The van der Waals surface area contributed by atoms with Gasteiger partial charge in [-0.1, -0.05) is 41.0 Å². The third-order valence-electron chi connectivity index (χ3n) is 7.31. The van der Waals surface area contributed by atoms with Crippen molar-refractivity contribution < 1.29 is 23.9 Å². The summed E-state index contributed by atoms with van der Waals surface area (Å²) in [6.45, 7) is 9.42. The molecule has 1 aliphatic heterocycles. The van der Waals surface area contributed by atoms with Crippen molar-refractivity contribution in [3.05, 3.63) is 53.1 Å². The summed E-state index contributed by atoms with van der Waals surface area (Å²) in [7, 11) is 1.55. The summed E-state index contributed by atoms with van der Waals surface area (Å²) in [6, 6.07) is 13.5. The van der Waals surface area contributed by atoms with Crippen LogP contribution >= 0.6 is 11.6 Å². The first kappa shape index (κ1) is 30.0. The largest absolute Gasteiger partial charge is 0.489 e. The number of hydrogen-bond donors (Lipinski definition) is 2. The Hall–Kier alpha value is -2.98. The van der Waals surface area contributed by atoms with E-state index in [4.69, 9.17) is 31.3 Å². The van der Waals surface area contributed by atoms with Gasteiger partial charge in [-0.15, -0.1) is 0 Å². The van der Waals surface area contributed by atoms with Crippen LogP contribution in [0.15, 0.2) is 47.0 Å². The van der Waals surface area contributed by atoms with Crippen molar-refractivity contribution >= 4 is 17.6 Å². The number of carboxylic acid groups (broad SMARTS) is 1. The Balaban J connectivity index is 1.52. The van der Waals surface area contributed by atoms with Crippen LogP contribution in [0, 0.1) is 5.41 Å². The molecule has 1 atom stereocenters. The average molecular weight is 571 g/mol. The lowest BCUT2D eigenvalue weighted by Crippen LogP contribution is -2.49. The van der Waals surface area contributed by atoms with Crippen LogP contribution in [0.2, 0.25) is 5.02 Å². The standard InChI is InChI=1S/C30H39ClN4O5/c1-19(2)39-25-11-10-22(16-23(25)31)27-33-26(34-40-27)21-8-6-20(7-9-21)24(17-29(3,4)32)35-14-12-30(13-15-35,18-38-5)28(36)37/h6-11,16,19,24H,12-15,17-18,32H2,1-5H3,(H,36,37). The predicted octanol–water partition coefficient (Wildman–Crippen LogP) is 5.83. The SMILES string of the molecule is COCC1(C(=O)O)CCN(C(CC(C)(C)N)c2ccc(-c3noc(-c4ccc(OC(C)C)c(Cl)c4)n3)cc2)CC1. The van der Waals surface area contributed by atoms with Crippen molar-refractivity contribution in [2.45, 2.75) is 64.6 Å². The number of aromatic nitrogens is 2. The van der Waals surface area contributed by atoms with Gasteiger partial charge in [-0.3, -0.25) is 9.69 Å². The van der Waals surface area contributed by atoms with E-state index in [9.17, 15) is 9.90 Å². The molecule has 1 fully saturated rings.